The van der Waals surface area contributed by atoms with E-state index in [0.29, 0.717) is 17.7 Å². The molecule has 1 rings (SSSR count). The Balaban J connectivity index is 2.82. The van der Waals surface area contributed by atoms with Gasteiger partial charge in [0.15, 0.2) is 0 Å². The van der Waals surface area contributed by atoms with Crippen LogP contribution in [0.4, 0.5) is 11.4 Å². The van der Waals surface area contributed by atoms with Gasteiger partial charge in [-0.05, 0) is 31.0 Å². The molecule has 5 heteroatoms. The number of rotatable bonds is 6. The van der Waals surface area contributed by atoms with Crippen LogP contribution in [0.3, 0.4) is 0 Å². The van der Waals surface area contributed by atoms with Gasteiger partial charge in [0.1, 0.15) is 0 Å². The zero-order valence-electron chi connectivity index (χ0n) is 10.9. The van der Waals surface area contributed by atoms with E-state index in [1.54, 1.807) is 25.2 Å². The molecule has 1 aromatic rings. The molecule has 1 unspecified atom stereocenters. The SMILES string of the molecule is CCC(CCO)Nc1ccc(C(=O)NC)cc1N. The molecule has 0 aliphatic rings. The molecular formula is C13H21N3O2. The van der Waals surface area contributed by atoms with Crippen LogP contribution in [0.25, 0.3) is 0 Å². The zero-order valence-corrected chi connectivity index (χ0v) is 10.9. The first kappa shape index (κ1) is 14.3. The number of benzene rings is 1. The van der Waals surface area contributed by atoms with Crippen molar-refractivity contribution in [2.75, 3.05) is 24.7 Å². The number of hydrogen-bond donors (Lipinski definition) is 4. The minimum atomic E-state index is -0.157. The third-order valence-corrected chi connectivity index (χ3v) is 2.87. The van der Waals surface area contributed by atoms with E-state index in [1.807, 2.05) is 6.92 Å². The standard InChI is InChI=1S/C13H21N3O2/c1-3-10(6-7-17)16-12-5-4-9(8-11(12)14)13(18)15-2/h4-5,8,10,16-17H,3,6-7,14H2,1-2H3,(H,15,18). The van der Waals surface area contributed by atoms with Gasteiger partial charge in [-0.2, -0.15) is 0 Å². The number of carbonyl (C=O) groups excluding carboxylic acids is 1. The quantitative estimate of drug-likeness (QED) is 0.572. The number of hydrogen-bond acceptors (Lipinski definition) is 4. The van der Waals surface area contributed by atoms with Gasteiger partial charge in [0.05, 0.1) is 11.4 Å². The molecule has 1 amide bonds. The lowest BCUT2D eigenvalue weighted by molar-refractivity contribution is 0.0963. The molecule has 0 saturated heterocycles. The summed E-state index contributed by atoms with van der Waals surface area (Å²) in [6.07, 6.45) is 1.57. The first-order valence-corrected chi connectivity index (χ1v) is 6.11. The lowest BCUT2D eigenvalue weighted by atomic mass is 10.1. The highest BCUT2D eigenvalue weighted by Gasteiger charge is 2.10. The second kappa shape index (κ2) is 6.86. The van der Waals surface area contributed by atoms with Crippen molar-refractivity contribution < 1.29 is 9.90 Å². The summed E-state index contributed by atoms with van der Waals surface area (Å²) in [5.74, 6) is -0.157. The smallest absolute Gasteiger partial charge is 0.251 e. The molecule has 1 aromatic carbocycles. The van der Waals surface area contributed by atoms with Crippen LogP contribution in [0.2, 0.25) is 0 Å². The van der Waals surface area contributed by atoms with Crippen LogP contribution < -0.4 is 16.4 Å². The summed E-state index contributed by atoms with van der Waals surface area (Å²) in [5.41, 5.74) is 7.77. The number of nitrogen functional groups attached to an aromatic ring is 1. The fraction of sp³-hybridized carbons (Fsp3) is 0.462. The predicted molar refractivity (Wildman–Crippen MR) is 73.6 cm³/mol. The van der Waals surface area contributed by atoms with Crippen LogP contribution in [0, 0.1) is 0 Å². The maximum Gasteiger partial charge on any atom is 0.251 e. The van der Waals surface area contributed by atoms with Crippen LogP contribution in [0.15, 0.2) is 18.2 Å². The number of nitrogens with one attached hydrogen (secondary N) is 2. The van der Waals surface area contributed by atoms with Crippen LogP contribution in [0.1, 0.15) is 30.1 Å². The van der Waals surface area contributed by atoms with E-state index in [4.69, 9.17) is 10.8 Å². The molecule has 0 fully saturated rings. The highest BCUT2D eigenvalue weighted by molar-refractivity contribution is 5.95. The second-order valence-electron chi connectivity index (χ2n) is 4.14. The van der Waals surface area contributed by atoms with Crippen molar-refractivity contribution in [1.29, 1.82) is 0 Å². The van der Waals surface area contributed by atoms with E-state index in [-0.39, 0.29) is 18.6 Å². The summed E-state index contributed by atoms with van der Waals surface area (Å²) in [6.45, 7) is 2.18. The number of nitrogens with two attached hydrogens (primary N) is 1. The number of carbonyl (C=O) groups is 1. The molecule has 0 bridgehead atoms. The van der Waals surface area contributed by atoms with Crippen LogP contribution >= 0.6 is 0 Å². The zero-order chi connectivity index (χ0) is 13.5. The third kappa shape index (κ3) is 3.63. The van der Waals surface area contributed by atoms with Gasteiger partial charge in [0.2, 0.25) is 0 Å². The molecule has 0 aliphatic heterocycles. The van der Waals surface area contributed by atoms with E-state index < -0.39 is 0 Å². The normalized spacial score (nSPS) is 11.9. The van der Waals surface area contributed by atoms with Crippen LogP contribution in [0.5, 0.6) is 0 Å². The van der Waals surface area contributed by atoms with E-state index in [9.17, 15) is 4.79 Å². The maximum atomic E-state index is 11.4. The number of anilines is 2. The molecule has 5 N–H and O–H groups in total. The number of aliphatic hydroxyl groups excluding tert-OH is 1. The van der Waals surface area contributed by atoms with Crippen molar-refractivity contribution in [2.45, 2.75) is 25.8 Å². The molecule has 5 nitrogen and oxygen atoms in total. The topological polar surface area (TPSA) is 87.4 Å². The van der Waals surface area contributed by atoms with Crippen LogP contribution in [-0.4, -0.2) is 30.7 Å². The van der Waals surface area contributed by atoms with Gasteiger partial charge in [0.25, 0.3) is 5.91 Å². The first-order chi connectivity index (χ1) is 8.62. The molecule has 1 atom stereocenters. The Labute approximate surface area is 107 Å². The Morgan fingerprint density at radius 2 is 2.22 bits per heavy atom. The number of amides is 1. The van der Waals surface area contributed by atoms with Crippen molar-refractivity contribution in [1.82, 2.24) is 5.32 Å². The molecule has 0 spiro atoms. The van der Waals surface area contributed by atoms with Crippen molar-refractivity contribution in [3.63, 3.8) is 0 Å². The highest BCUT2D eigenvalue weighted by Crippen LogP contribution is 2.22. The summed E-state index contributed by atoms with van der Waals surface area (Å²) in [7, 11) is 1.58. The lowest BCUT2D eigenvalue weighted by Gasteiger charge is -2.18. The summed E-state index contributed by atoms with van der Waals surface area (Å²) >= 11 is 0. The van der Waals surface area contributed by atoms with E-state index in [1.165, 1.54) is 0 Å². The molecule has 100 valence electrons. The largest absolute Gasteiger partial charge is 0.397 e. The minimum Gasteiger partial charge on any atom is -0.397 e. The van der Waals surface area contributed by atoms with Crippen molar-refractivity contribution >= 4 is 17.3 Å². The van der Waals surface area contributed by atoms with Gasteiger partial charge in [-0.25, -0.2) is 0 Å². The van der Waals surface area contributed by atoms with Gasteiger partial charge in [-0.15, -0.1) is 0 Å². The Morgan fingerprint density at radius 1 is 1.50 bits per heavy atom. The van der Waals surface area contributed by atoms with Crippen molar-refractivity contribution in [3.8, 4) is 0 Å². The predicted octanol–water partition coefficient (Wildman–Crippen LogP) is 1.20. The van der Waals surface area contributed by atoms with Gasteiger partial charge in [-0.3, -0.25) is 4.79 Å². The van der Waals surface area contributed by atoms with Gasteiger partial charge in [0, 0.05) is 25.3 Å². The number of aliphatic hydroxyl groups is 1. The fourth-order valence-corrected chi connectivity index (χ4v) is 1.73. The van der Waals surface area contributed by atoms with E-state index >= 15 is 0 Å². The summed E-state index contributed by atoms with van der Waals surface area (Å²) in [5, 5.41) is 14.8. The molecule has 0 saturated carbocycles. The Morgan fingerprint density at radius 3 is 2.72 bits per heavy atom. The molecule has 0 aliphatic carbocycles. The molecule has 0 heterocycles. The molecular weight excluding hydrogens is 230 g/mol. The Bertz CT molecular complexity index is 407. The Kier molecular flexibility index (Phi) is 5.45. The second-order valence-corrected chi connectivity index (χ2v) is 4.14. The highest BCUT2D eigenvalue weighted by atomic mass is 16.3. The molecule has 0 aromatic heterocycles. The van der Waals surface area contributed by atoms with Crippen LogP contribution in [-0.2, 0) is 0 Å². The summed E-state index contributed by atoms with van der Waals surface area (Å²) < 4.78 is 0. The third-order valence-electron chi connectivity index (χ3n) is 2.87. The van der Waals surface area contributed by atoms with E-state index in [2.05, 4.69) is 10.6 Å². The Hall–Kier alpha value is -1.75. The molecule has 18 heavy (non-hydrogen) atoms. The van der Waals surface area contributed by atoms with Crippen molar-refractivity contribution in [2.24, 2.45) is 0 Å². The van der Waals surface area contributed by atoms with E-state index in [0.717, 1.165) is 12.1 Å². The van der Waals surface area contributed by atoms with Gasteiger partial charge in [-0.1, -0.05) is 6.92 Å². The average Bonchev–Trinajstić information content (AvgIpc) is 2.39. The summed E-state index contributed by atoms with van der Waals surface area (Å²) in [6, 6.07) is 5.35. The first-order valence-electron chi connectivity index (χ1n) is 6.11. The molecule has 0 radical (unpaired) electrons. The van der Waals surface area contributed by atoms with Crippen molar-refractivity contribution in [3.05, 3.63) is 23.8 Å². The minimum absolute atomic E-state index is 0.141. The average molecular weight is 251 g/mol. The van der Waals surface area contributed by atoms with Gasteiger partial charge >= 0.3 is 0 Å². The monoisotopic (exact) mass is 251 g/mol. The fourth-order valence-electron chi connectivity index (χ4n) is 1.73. The van der Waals surface area contributed by atoms with Gasteiger partial charge < -0.3 is 21.5 Å². The maximum absolute atomic E-state index is 11.4. The summed E-state index contributed by atoms with van der Waals surface area (Å²) in [4.78, 5) is 11.4. The lowest BCUT2D eigenvalue weighted by Crippen LogP contribution is -2.21.